The number of hydrogen-bond acceptors (Lipinski definition) is 5. The Labute approximate surface area is 190 Å². The number of carbonyl (C=O) groups excluding carboxylic acids is 2. The number of ether oxygens (including phenoxy) is 1. The fraction of sp³-hybridized carbons (Fsp3) is 0.231. The van der Waals surface area contributed by atoms with Crippen LogP contribution in [0.4, 0.5) is 9.18 Å². The normalized spacial score (nSPS) is 14.2. The molecule has 0 fully saturated rings. The summed E-state index contributed by atoms with van der Waals surface area (Å²) in [4.78, 5) is 23.3. The molecule has 2 atom stereocenters. The number of halogens is 1. The highest BCUT2D eigenvalue weighted by molar-refractivity contribution is 5.79. The third-order valence-corrected chi connectivity index (χ3v) is 5.94. The van der Waals surface area contributed by atoms with Gasteiger partial charge in [0.2, 0.25) is 0 Å². The van der Waals surface area contributed by atoms with Crippen LogP contribution < -0.4 is 5.32 Å². The SMILES string of the molecule is O=Cc1c(F)cccc1C(O)C(O)CCNC(=O)OCC1c2ccccc2-c2ccccc21. The summed E-state index contributed by atoms with van der Waals surface area (Å²) in [6, 6.07) is 19.9. The molecule has 0 radical (unpaired) electrons. The lowest BCUT2D eigenvalue weighted by molar-refractivity contribution is 0.0132. The van der Waals surface area contributed by atoms with Crippen molar-refractivity contribution >= 4 is 12.4 Å². The van der Waals surface area contributed by atoms with Crippen LogP contribution in [0.2, 0.25) is 0 Å². The van der Waals surface area contributed by atoms with Crippen LogP contribution in [0.25, 0.3) is 11.1 Å². The summed E-state index contributed by atoms with van der Waals surface area (Å²) in [5, 5.41) is 23.1. The lowest BCUT2D eigenvalue weighted by Crippen LogP contribution is -2.31. The first-order valence-electron chi connectivity index (χ1n) is 10.7. The van der Waals surface area contributed by atoms with E-state index in [1.165, 1.54) is 12.1 Å². The summed E-state index contributed by atoms with van der Waals surface area (Å²) >= 11 is 0. The maximum absolute atomic E-state index is 13.7. The molecule has 7 heteroatoms. The van der Waals surface area contributed by atoms with Crippen LogP contribution in [0.3, 0.4) is 0 Å². The molecule has 0 saturated heterocycles. The molecular formula is C26H24FNO5. The van der Waals surface area contributed by atoms with Gasteiger partial charge in [-0.3, -0.25) is 4.79 Å². The summed E-state index contributed by atoms with van der Waals surface area (Å²) in [5.74, 6) is -0.837. The third kappa shape index (κ3) is 4.65. The zero-order valence-electron chi connectivity index (χ0n) is 17.8. The van der Waals surface area contributed by atoms with Crippen LogP contribution >= 0.6 is 0 Å². The van der Waals surface area contributed by atoms with Crippen molar-refractivity contribution in [3.8, 4) is 11.1 Å². The van der Waals surface area contributed by atoms with E-state index in [0.717, 1.165) is 28.3 Å². The molecule has 3 N–H and O–H groups in total. The molecule has 0 aromatic heterocycles. The molecule has 1 aliphatic rings. The number of aliphatic hydroxyl groups excluding tert-OH is 2. The zero-order valence-corrected chi connectivity index (χ0v) is 17.8. The van der Waals surface area contributed by atoms with Gasteiger partial charge in [-0.2, -0.15) is 0 Å². The average Bonchev–Trinajstić information content (AvgIpc) is 3.15. The van der Waals surface area contributed by atoms with Crippen molar-refractivity contribution in [3.05, 3.63) is 94.8 Å². The third-order valence-electron chi connectivity index (χ3n) is 5.94. The molecular weight excluding hydrogens is 425 g/mol. The number of hydrogen-bond donors (Lipinski definition) is 3. The summed E-state index contributed by atoms with van der Waals surface area (Å²) in [5.41, 5.74) is 4.17. The fourth-order valence-electron chi connectivity index (χ4n) is 4.27. The Morgan fingerprint density at radius 1 is 1.00 bits per heavy atom. The van der Waals surface area contributed by atoms with Crippen molar-refractivity contribution in [1.29, 1.82) is 0 Å². The van der Waals surface area contributed by atoms with Gasteiger partial charge in [-0.15, -0.1) is 0 Å². The number of rotatable bonds is 8. The molecule has 33 heavy (non-hydrogen) atoms. The predicted octanol–water partition coefficient (Wildman–Crippen LogP) is 3.96. The van der Waals surface area contributed by atoms with Gasteiger partial charge >= 0.3 is 6.09 Å². The highest BCUT2D eigenvalue weighted by Crippen LogP contribution is 2.44. The first-order chi connectivity index (χ1) is 16.0. The van der Waals surface area contributed by atoms with Gasteiger partial charge in [0, 0.05) is 12.5 Å². The van der Waals surface area contributed by atoms with Crippen LogP contribution in [0.1, 0.15) is 45.5 Å². The van der Waals surface area contributed by atoms with Gasteiger partial charge in [0.05, 0.1) is 11.7 Å². The average molecular weight is 449 g/mol. The molecule has 3 aromatic carbocycles. The molecule has 4 rings (SSSR count). The lowest BCUT2D eigenvalue weighted by Gasteiger charge is -2.20. The van der Waals surface area contributed by atoms with Crippen molar-refractivity contribution < 1.29 is 28.9 Å². The number of nitrogens with one attached hydrogen (secondary N) is 1. The quantitative estimate of drug-likeness (QED) is 0.453. The van der Waals surface area contributed by atoms with E-state index in [1.807, 2.05) is 36.4 Å². The number of amides is 1. The van der Waals surface area contributed by atoms with E-state index in [0.29, 0.717) is 6.29 Å². The minimum Gasteiger partial charge on any atom is -0.449 e. The summed E-state index contributed by atoms with van der Waals surface area (Å²) in [6.07, 6.45) is -3.13. The van der Waals surface area contributed by atoms with Crippen LogP contribution in [-0.4, -0.2) is 41.8 Å². The highest BCUT2D eigenvalue weighted by atomic mass is 19.1. The van der Waals surface area contributed by atoms with Gasteiger partial charge in [-0.05, 0) is 40.3 Å². The Kier molecular flexibility index (Phi) is 6.82. The van der Waals surface area contributed by atoms with Crippen molar-refractivity contribution in [3.63, 3.8) is 0 Å². The van der Waals surface area contributed by atoms with E-state index in [9.17, 15) is 24.2 Å². The van der Waals surface area contributed by atoms with Gasteiger partial charge in [0.25, 0.3) is 0 Å². The number of fused-ring (bicyclic) bond motifs is 3. The Morgan fingerprint density at radius 3 is 2.27 bits per heavy atom. The molecule has 3 aromatic rings. The minimum atomic E-state index is -1.47. The van der Waals surface area contributed by atoms with Crippen LogP contribution in [0.5, 0.6) is 0 Å². The van der Waals surface area contributed by atoms with E-state index in [-0.39, 0.29) is 36.6 Å². The molecule has 6 nitrogen and oxygen atoms in total. The van der Waals surface area contributed by atoms with Crippen LogP contribution in [0, 0.1) is 5.82 Å². The Bertz CT molecular complexity index is 1120. The largest absolute Gasteiger partial charge is 0.449 e. The smallest absolute Gasteiger partial charge is 0.407 e. The number of alkyl carbamates (subject to hydrolysis) is 1. The summed E-state index contributed by atoms with van der Waals surface area (Å²) < 4.78 is 19.2. The van der Waals surface area contributed by atoms with Gasteiger partial charge in [0.15, 0.2) is 6.29 Å². The van der Waals surface area contributed by atoms with E-state index in [4.69, 9.17) is 4.74 Å². The second-order valence-corrected chi connectivity index (χ2v) is 7.91. The number of carbonyl (C=O) groups is 2. The number of benzene rings is 3. The zero-order chi connectivity index (χ0) is 23.4. The van der Waals surface area contributed by atoms with E-state index in [2.05, 4.69) is 17.4 Å². The molecule has 0 aliphatic heterocycles. The van der Waals surface area contributed by atoms with Crippen molar-refractivity contribution in [2.24, 2.45) is 0 Å². The van der Waals surface area contributed by atoms with Crippen molar-refractivity contribution in [2.45, 2.75) is 24.5 Å². The predicted molar refractivity (Wildman–Crippen MR) is 120 cm³/mol. The standard InChI is InChI=1S/C26H24FNO5/c27-23-11-5-10-20(21(23)14-29)25(31)24(30)12-13-28-26(32)33-15-22-18-8-3-1-6-16(18)17-7-2-4-9-19(17)22/h1-11,14,22,24-25,30-31H,12-13,15H2,(H,28,32). The van der Waals surface area contributed by atoms with E-state index < -0.39 is 24.1 Å². The molecule has 0 bridgehead atoms. The number of aldehydes is 1. The molecule has 2 unspecified atom stereocenters. The first kappa shape index (κ1) is 22.6. The number of aliphatic hydroxyl groups is 2. The van der Waals surface area contributed by atoms with Crippen molar-refractivity contribution in [2.75, 3.05) is 13.2 Å². The Morgan fingerprint density at radius 2 is 1.64 bits per heavy atom. The Balaban J connectivity index is 1.30. The molecule has 0 heterocycles. The van der Waals surface area contributed by atoms with Gasteiger partial charge in [-0.1, -0.05) is 60.7 Å². The van der Waals surface area contributed by atoms with E-state index in [1.54, 1.807) is 0 Å². The van der Waals surface area contributed by atoms with Crippen molar-refractivity contribution in [1.82, 2.24) is 5.32 Å². The molecule has 0 saturated carbocycles. The molecule has 0 spiro atoms. The maximum atomic E-state index is 13.7. The van der Waals surface area contributed by atoms with Crippen LogP contribution in [0.15, 0.2) is 66.7 Å². The van der Waals surface area contributed by atoms with E-state index >= 15 is 0 Å². The first-order valence-corrected chi connectivity index (χ1v) is 10.7. The minimum absolute atomic E-state index is 0.00126. The highest BCUT2D eigenvalue weighted by Gasteiger charge is 2.29. The second-order valence-electron chi connectivity index (χ2n) is 7.91. The second kappa shape index (κ2) is 9.94. The van der Waals surface area contributed by atoms with Crippen LogP contribution in [-0.2, 0) is 4.74 Å². The summed E-state index contributed by atoms with van der Waals surface area (Å²) in [7, 11) is 0. The fourth-order valence-corrected chi connectivity index (χ4v) is 4.27. The molecule has 1 amide bonds. The summed E-state index contributed by atoms with van der Waals surface area (Å²) in [6.45, 7) is 0.192. The van der Waals surface area contributed by atoms with Gasteiger partial charge in [-0.25, -0.2) is 9.18 Å². The Hall–Kier alpha value is -3.55. The van der Waals surface area contributed by atoms with Gasteiger partial charge < -0.3 is 20.3 Å². The van der Waals surface area contributed by atoms with Gasteiger partial charge in [0.1, 0.15) is 18.5 Å². The maximum Gasteiger partial charge on any atom is 0.407 e. The monoisotopic (exact) mass is 449 g/mol. The topological polar surface area (TPSA) is 95.9 Å². The molecule has 170 valence electrons. The lowest BCUT2D eigenvalue weighted by atomic mass is 9.97. The molecule has 1 aliphatic carbocycles.